The lowest BCUT2D eigenvalue weighted by molar-refractivity contribution is 0.141. The topological polar surface area (TPSA) is 77.8 Å². The van der Waals surface area contributed by atoms with Crippen LogP contribution >= 0.6 is 11.6 Å². The summed E-state index contributed by atoms with van der Waals surface area (Å²) in [6.07, 6.45) is 7.19. The van der Waals surface area contributed by atoms with Crippen LogP contribution in [0.2, 0.25) is 5.28 Å². The van der Waals surface area contributed by atoms with E-state index in [-0.39, 0.29) is 5.28 Å². The van der Waals surface area contributed by atoms with E-state index in [1.807, 2.05) is 0 Å². The minimum Gasteiger partial charge on any atom is -0.380 e. The minimum absolute atomic E-state index is 0.137. The molecule has 8 heteroatoms. The van der Waals surface area contributed by atoms with E-state index in [0.29, 0.717) is 25.0 Å². The van der Waals surface area contributed by atoms with Crippen molar-refractivity contribution in [2.75, 3.05) is 25.1 Å². The maximum Gasteiger partial charge on any atom is 0.241 e. The quantitative estimate of drug-likeness (QED) is 0.750. The molecule has 20 heavy (non-hydrogen) atoms. The lowest BCUT2D eigenvalue weighted by atomic mass is 10.4. The monoisotopic (exact) mass is 296 g/mol. The molecule has 108 valence electrons. The maximum absolute atomic E-state index is 5.88. The summed E-state index contributed by atoms with van der Waals surface area (Å²) in [5.74, 6) is 0.852. The van der Waals surface area contributed by atoms with Crippen molar-refractivity contribution in [3.63, 3.8) is 0 Å². The highest BCUT2D eigenvalue weighted by Crippen LogP contribution is 2.09. The zero-order chi connectivity index (χ0) is 14.2. The second-order valence-electron chi connectivity index (χ2n) is 4.09. The number of aromatic nitrogens is 5. The average molecular weight is 297 g/mol. The number of rotatable bonds is 8. The number of ether oxygens (including phenoxy) is 1. The highest BCUT2D eigenvalue weighted by molar-refractivity contribution is 6.28. The van der Waals surface area contributed by atoms with Crippen LogP contribution in [0, 0.1) is 0 Å². The molecule has 0 fully saturated rings. The summed E-state index contributed by atoms with van der Waals surface area (Å²) in [5, 5.41) is 3.20. The Morgan fingerprint density at radius 1 is 1.30 bits per heavy atom. The molecule has 0 saturated carbocycles. The number of anilines is 1. The van der Waals surface area contributed by atoms with E-state index in [1.54, 1.807) is 23.3 Å². The molecule has 2 aromatic rings. The number of unbranched alkanes of at least 4 members (excludes halogenated alkanes) is 1. The molecule has 0 aliphatic heterocycles. The van der Waals surface area contributed by atoms with Gasteiger partial charge in [0.2, 0.25) is 17.2 Å². The van der Waals surface area contributed by atoms with Crippen molar-refractivity contribution in [3.05, 3.63) is 24.0 Å². The van der Waals surface area contributed by atoms with Gasteiger partial charge in [-0.3, -0.25) is 4.57 Å². The summed E-state index contributed by atoms with van der Waals surface area (Å²) >= 11 is 5.88. The lowest BCUT2D eigenvalue weighted by Gasteiger charge is -2.07. The zero-order valence-corrected chi connectivity index (χ0v) is 12.0. The van der Waals surface area contributed by atoms with Crippen LogP contribution in [0.5, 0.6) is 0 Å². The zero-order valence-electron chi connectivity index (χ0n) is 11.3. The maximum atomic E-state index is 5.88. The Hall–Kier alpha value is -1.73. The number of imidazole rings is 1. The Morgan fingerprint density at radius 3 is 2.95 bits per heavy atom. The van der Waals surface area contributed by atoms with Gasteiger partial charge in [-0.25, -0.2) is 4.98 Å². The number of hydrogen-bond acceptors (Lipinski definition) is 6. The molecule has 0 radical (unpaired) electrons. The van der Waals surface area contributed by atoms with E-state index in [2.05, 4.69) is 32.2 Å². The van der Waals surface area contributed by atoms with Crippen LogP contribution in [0.25, 0.3) is 5.95 Å². The van der Waals surface area contributed by atoms with Crippen LogP contribution in [0.1, 0.15) is 19.8 Å². The first-order valence-corrected chi connectivity index (χ1v) is 6.89. The van der Waals surface area contributed by atoms with E-state index < -0.39 is 0 Å². The van der Waals surface area contributed by atoms with Gasteiger partial charge >= 0.3 is 0 Å². The largest absolute Gasteiger partial charge is 0.380 e. The fraction of sp³-hybridized carbons (Fsp3) is 0.500. The predicted molar refractivity (Wildman–Crippen MR) is 76.2 cm³/mol. The van der Waals surface area contributed by atoms with Gasteiger partial charge < -0.3 is 10.1 Å². The average Bonchev–Trinajstić information content (AvgIpc) is 2.96. The van der Waals surface area contributed by atoms with Crippen LogP contribution < -0.4 is 5.32 Å². The van der Waals surface area contributed by atoms with Crippen molar-refractivity contribution < 1.29 is 4.74 Å². The van der Waals surface area contributed by atoms with Crippen molar-refractivity contribution in [2.45, 2.75) is 19.8 Å². The second kappa shape index (κ2) is 7.76. The summed E-state index contributed by atoms with van der Waals surface area (Å²) in [4.78, 5) is 16.3. The van der Waals surface area contributed by atoms with Crippen molar-refractivity contribution in [1.82, 2.24) is 24.5 Å². The Labute approximate surface area is 122 Å². The summed E-state index contributed by atoms with van der Waals surface area (Å²) in [7, 11) is 0. The molecular weight excluding hydrogens is 280 g/mol. The van der Waals surface area contributed by atoms with Gasteiger partial charge in [0, 0.05) is 25.5 Å². The second-order valence-corrected chi connectivity index (χ2v) is 4.43. The van der Waals surface area contributed by atoms with Gasteiger partial charge in [-0.05, 0) is 18.0 Å². The highest BCUT2D eigenvalue weighted by atomic mass is 35.5. The summed E-state index contributed by atoms with van der Waals surface area (Å²) in [5.41, 5.74) is 0. The fourth-order valence-corrected chi connectivity index (χ4v) is 1.65. The van der Waals surface area contributed by atoms with Crippen LogP contribution in [-0.4, -0.2) is 44.3 Å². The van der Waals surface area contributed by atoms with E-state index in [4.69, 9.17) is 16.3 Å². The third-order valence-electron chi connectivity index (χ3n) is 2.50. The highest BCUT2D eigenvalue weighted by Gasteiger charge is 2.06. The Balaban J connectivity index is 1.88. The van der Waals surface area contributed by atoms with Crippen molar-refractivity contribution >= 4 is 17.5 Å². The molecule has 7 nitrogen and oxygen atoms in total. The lowest BCUT2D eigenvalue weighted by Crippen LogP contribution is -2.13. The molecule has 2 aromatic heterocycles. The van der Waals surface area contributed by atoms with E-state index in [9.17, 15) is 0 Å². The molecule has 0 aliphatic rings. The van der Waals surface area contributed by atoms with Gasteiger partial charge in [-0.1, -0.05) is 13.3 Å². The first kappa shape index (κ1) is 14.7. The number of nitrogens with zero attached hydrogens (tertiary/aromatic N) is 5. The Bertz CT molecular complexity index is 519. The summed E-state index contributed by atoms with van der Waals surface area (Å²) in [6.45, 7) is 4.12. The van der Waals surface area contributed by atoms with Crippen molar-refractivity contribution in [1.29, 1.82) is 0 Å². The molecule has 0 aromatic carbocycles. The Morgan fingerprint density at radius 2 is 2.20 bits per heavy atom. The molecule has 1 N–H and O–H groups in total. The molecule has 0 bridgehead atoms. The van der Waals surface area contributed by atoms with Crippen molar-refractivity contribution in [3.8, 4) is 5.95 Å². The third-order valence-corrected chi connectivity index (χ3v) is 2.67. The van der Waals surface area contributed by atoms with Gasteiger partial charge in [0.1, 0.15) is 6.33 Å². The van der Waals surface area contributed by atoms with Gasteiger partial charge in [0.15, 0.2) is 0 Å². The molecule has 0 amide bonds. The van der Waals surface area contributed by atoms with Gasteiger partial charge in [0.05, 0.1) is 6.61 Å². The van der Waals surface area contributed by atoms with E-state index >= 15 is 0 Å². The Kier molecular flexibility index (Phi) is 5.69. The van der Waals surface area contributed by atoms with Crippen LogP contribution in [0.4, 0.5) is 5.95 Å². The molecular formula is C12H17ClN6O. The predicted octanol–water partition coefficient (Wildman–Crippen LogP) is 1.94. The van der Waals surface area contributed by atoms with E-state index in [1.165, 1.54) is 0 Å². The summed E-state index contributed by atoms with van der Waals surface area (Å²) in [6, 6.07) is 0. The number of halogens is 1. The minimum atomic E-state index is 0.137. The third kappa shape index (κ3) is 4.43. The molecule has 0 unspecified atom stereocenters. The van der Waals surface area contributed by atoms with Gasteiger partial charge in [-0.15, -0.1) is 0 Å². The van der Waals surface area contributed by atoms with Crippen molar-refractivity contribution in [2.24, 2.45) is 0 Å². The molecule has 0 aliphatic carbocycles. The van der Waals surface area contributed by atoms with Crippen LogP contribution in [0.3, 0.4) is 0 Å². The molecule has 0 saturated heterocycles. The van der Waals surface area contributed by atoms with Crippen LogP contribution in [-0.2, 0) is 4.74 Å². The number of nitrogens with one attached hydrogen (secondary N) is 1. The SMILES string of the molecule is CCCCOCCNc1nc(Cl)nc(-n2ccnc2)n1. The normalized spacial score (nSPS) is 10.7. The fourth-order valence-electron chi connectivity index (χ4n) is 1.50. The number of hydrogen-bond donors (Lipinski definition) is 1. The first-order valence-electron chi connectivity index (χ1n) is 6.51. The molecule has 0 atom stereocenters. The van der Waals surface area contributed by atoms with Crippen LogP contribution in [0.15, 0.2) is 18.7 Å². The van der Waals surface area contributed by atoms with Gasteiger partial charge in [-0.2, -0.15) is 15.0 Å². The molecule has 0 spiro atoms. The van der Waals surface area contributed by atoms with E-state index in [0.717, 1.165) is 19.4 Å². The first-order chi connectivity index (χ1) is 9.79. The smallest absolute Gasteiger partial charge is 0.241 e. The van der Waals surface area contributed by atoms with Gasteiger partial charge in [0.25, 0.3) is 0 Å². The standard InChI is InChI=1S/C12H17ClN6O/c1-2-3-7-20-8-5-15-11-16-10(13)17-12(18-11)19-6-4-14-9-19/h4,6,9H,2-3,5,7-8H2,1H3,(H,15,16,17,18). The molecule has 2 rings (SSSR count). The molecule has 2 heterocycles. The summed E-state index contributed by atoms with van der Waals surface area (Å²) < 4.78 is 7.11.